The first-order valence-electron chi connectivity index (χ1n) is 10.8. The number of nitrogens with one attached hydrogen (secondary N) is 4. The second-order valence-electron chi connectivity index (χ2n) is 7.69. The number of aryl methyl sites for hydroxylation is 1. The molecule has 0 radical (unpaired) electrons. The highest BCUT2D eigenvalue weighted by Crippen LogP contribution is 2.20. The molecule has 0 aromatic carbocycles. The van der Waals surface area contributed by atoms with Gasteiger partial charge in [-0.15, -0.1) is 10.2 Å². The summed E-state index contributed by atoms with van der Waals surface area (Å²) in [5.41, 5.74) is 1.59. The third-order valence-electron chi connectivity index (χ3n) is 5.20. The van der Waals surface area contributed by atoms with E-state index in [9.17, 15) is 9.18 Å². The summed E-state index contributed by atoms with van der Waals surface area (Å²) in [6.07, 6.45) is 5.25. The van der Waals surface area contributed by atoms with Crippen LogP contribution in [0.1, 0.15) is 27.3 Å². The van der Waals surface area contributed by atoms with Gasteiger partial charge >= 0.3 is 0 Å². The van der Waals surface area contributed by atoms with E-state index in [1.165, 1.54) is 18.6 Å². The molecule has 0 saturated carbocycles. The summed E-state index contributed by atoms with van der Waals surface area (Å²) in [4.78, 5) is 24.8. The van der Waals surface area contributed by atoms with E-state index in [1.807, 2.05) is 6.07 Å². The lowest BCUT2D eigenvalue weighted by Gasteiger charge is -2.24. The monoisotopic (exact) mass is 478 g/mol. The normalized spacial score (nSPS) is 15.2. The summed E-state index contributed by atoms with van der Waals surface area (Å²) < 4.78 is 19.8. The number of nitrogens with zero attached hydrogens (tertiary/aromatic N) is 6. The van der Waals surface area contributed by atoms with E-state index >= 15 is 0 Å². The van der Waals surface area contributed by atoms with E-state index < -0.39 is 11.7 Å². The number of pyridine rings is 1. The van der Waals surface area contributed by atoms with Crippen LogP contribution in [-0.4, -0.2) is 63.4 Å². The molecule has 3 aromatic rings. The number of carbonyl (C=O) groups is 1. The number of morpholine rings is 1. The van der Waals surface area contributed by atoms with Crippen molar-refractivity contribution < 1.29 is 13.9 Å². The highest BCUT2D eigenvalue weighted by atomic mass is 19.1. The Balaban J connectivity index is 1.52. The molecular formula is C22H23FN10O2. The van der Waals surface area contributed by atoms with Gasteiger partial charge in [0.1, 0.15) is 17.7 Å². The molecule has 0 aliphatic carbocycles. The molecule has 1 fully saturated rings. The molecule has 4 rings (SSSR count). The number of halogens is 1. The van der Waals surface area contributed by atoms with Crippen molar-refractivity contribution in [2.45, 2.75) is 19.6 Å². The average molecular weight is 478 g/mol. The third-order valence-corrected chi connectivity index (χ3v) is 5.20. The van der Waals surface area contributed by atoms with Gasteiger partial charge in [0.15, 0.2) is 17.2 Å². The van der Waals surface area contributed by atoms with Gasteiger partial charge in [0.25, 0.3) is 5.91 Å². The van der Waals surface area contributed by atoms with Crippen LogP contribution in [0.3, 0.4) is 0 Å². The topological polar surface area (TPSA) is 163 Å². The van der Waals surface area contributed by atoms with Crippen molar-refractivity contribution in [1.29, 1.82) is 5.26 Å². The van der Waals surface area contributed by atoms with Gasteiger partial charge in [0.05, 0.1) is 37.0 Å². The molecule has 3 aromatic heterocycles. The van der Waals surface area contributed by atoms with Gasteiger partial charge in [0.2, 0.25) is 0 Å². The number of anilines is 3. The lowest BCUT2D eigenvalue weighted by Crippen LogP contribution is -2.42. The molecule has 1 aliphatic heterocycles. The molecule has 1 aliphatic rings. The number of ether oxygens (including phenoxy) is 1. The van der Waals surface area contributed by atoms with E-state index in [1.54, 1.807) is 13.0 Å². The first kappa shape index (κ1) is 23.9. The number of carbonyl (C=O) groups excluding carboxylic acids is 1. The maximum atomic E-state index is 14.1. The summed E-state index contributed by atoms with van der Waals surface area (Å²) >= 11 is 0. The summed E-state index contributed by atoms with van der Waals surface area (Å²) in [6.45, 7) is 4.15. The van der Waals surface area contributed by atoms with Crippen LogP contribution in [0.5, 0.6) is 0 Å². The molecule has 4 heterocycles. The standard InChI is InChI=1S/C22H23FN10O2/c1-13-6-26-11-17(23)16(13)10-30-22(34)21-18(28-9-15-8-25-2-3-35-15)4-19(32-33-21)31-20-12-27-14(5-24)7-29-20/h4,6-7,11-12,15,25H,2-3,8-10H2,1H3,(H,30,34)(H2,28,29,31,32). The SMILES string of the molecule is Cc1cncc(F)c1CNC(=O)c1nnc(Nc2cnc(C#N)cn2)cc1NCC1CNCCO1. The van der Waals surface area contributed by atoms with Crippen molar-refractivity contribution in [3.8, 4) is 6.07 Å². The quantitative estimate of drug-likeness (QED) is 0.366. The minimum Gasteiger partial charge on any atom is -0.380 e. The third kappa shape index (κ3) is 6.19. The largest absolute Gasteiger partial charge is 0.380 e. The van der Waals surface area contributed by atoms with Crippen molar-refractivity contribution in [3.63, 3.8) is 0 Å². The molecule has 0 bridgehead atoms. The zero-order valence-electron chi connectivity index (χ0n) is 18.9. The first-order chi connectivity index (χ1) is 17.0. The Labute approximate surface area is 200 Å². The molecular weight excluding hydrogens is 455 g/mol. The zero-order chi connectivity index (χ0) is 24.6. The second-order valence-corrected chi connectivity index (χ2v) is 7.69. The predicted octanol–water partition coefficient (Wildman–Crippen LogP) is 1.05. The number of nitriles is 1. The Morgan fingerprint density at radius 1 is 1.26 bits per heavy atom. The van der Waals surface area contributed by atoms with Crippen LogP contribution < -0.4 is 21.3 Å². The number of amides is 1. The molecule has 1 atom stereocenters. The number of hydrogen-bond acceptors (Lipinski definition) is 11. The fourth-order valence-corrected chi connectivity index (χ4v) is 3.35. The number of rotatable bonds is 8. The predicted molar refractivity (Wildman–Crippen MR) is 123 cm³/mol. The lowest BCUT2D eigenvalue weighted by atomic mass is 10.1. The molecule has 1 saturated heterocycles. The summed E-state index contributed by atoms with van der Waals surface area (Å²) in [7, 11) is 0. The van der Waals surface area contributed by atoms with Crippen LogP contribution in [-0.2, 0) is 11.3 Å². The molecule has 12 nitrogen and oxygen atoms in total. The number of hydrogen-bond donors (Lipinski definition) is 4. The number of aromatic nitrogens is 5. The van der Waals surface area contributed by atoms with Crippen molar-refractivity contribution in [2.75, 3.05) is 36.9 Å². The fourth-order valence-electron chi connectivity index (χ4n) is 3.35. The molecule has 4 N–H and O–H groups in total. The van der Waals surface area contributed by atoms with Crippen molar-refractivity contribution >= 4 is 23.2 Å². The Bertz CT molecular complexity index is 1210. The highest BCUT2D eigenvalue weighted by Gasteiger charge is 2.19. The van der Waals surface area contributed by atoms with Gasteiger partial charge in [-0.2, -0.15) is 5.26 Å². The summed E-state index contributed by atoms with van der Waals surface area (Å²) in [5.74, 6) is -0.366. The maximum Gasteiger partial charge on any atom is 0.274 e. The molecule has 1 amide bonds. The van der Waals surface area contributed by atoms with Crippen LogP contribution in [0.2, 0.25) is 0 Å². The van der Waals surface area contributed by atoms with Gasteiger partial charge in [-0.3, -0.25) is 9.78 Å². The first-order valence-corrected chi connectivity index (χ1v) is 10.8. The molecule has 180 valence electrons. The minimum absolute atomic E-state index is 0.0311. The van der Waals surface area contributed by atoms with Crippen LogP contribution in [0.4, 0.5) is 21.7 Å². The second kappa shape index (κ2) is 11.2. The van der Waals surface area contributed by atoms with Crippen molar-refractivity contribution in [1.82, 2.24) is 35.8 Å². The van der Waals surface area contributed by atoms with E-state index in [4.69, 9.17) is 10.00 Å². The fraction of sp³-hybridized carbons (Fsp3) is 0.318. The molecule has 0 spiro atoms. The van der Waals surface area contributed by atoms with Gasteiger partial charge in [-0.25, -0.2) is 14.4 Å². The average Bonchev–Trinajstić information content (AvgIpc) is 2.88. The highest BCUT2D eigenvalue weighted by molar-refractivity contribution is 5.97. The summed E-state index contributed by atoms with van der Waals surface area (Å²) in [5, 5.41) is 29.1. The molecule has 1 unspecified atom stereocenters. The minimum atomic E-state index is -0.525. The van der Waals surface area contributed by atoms with Crippen LogP contribution in [0.15, 0.2) is 30.9 Å². The Kier molecular flexibility index (Phi) is 7.66. The summed E-state index contributed by atoms with van der Waals surface area (Å²) in [6, 6.07) is 3.51. The smallest absolute Gasteiger partial charge is 0.274 e. The van der Waals surface area contributed by atoms with Gasteiger partial charge in [0, 0.05) is 44.0 Å². The van der Waals surface area contributed by atoms with E-state index in [-0.39, 0.29) is 24.0 Å². The van der Waals surface area contributed by atoms with Crippen LogP contribution in [0, 0.1) is 24.1 Å². The van der Waals surface area contributed by atoms with Crippen LogP contribution in [0.25, 0.3) is 0 Å². The zero-order valence-corrected chi connectivity index (χ0v) is 18.9. The molecule has 13 heteroatoms. The van der Waals surface area contributed by atoms with Crippen molar-refractivity contribution in [2.24, 2.45) is 0 Å². The Morgan fingerprint density at radius 2 is 2.14 bits per heavy atom. The van der Waals surface area contributed by atoms with Gasteiger partial charge < -0.3 is 26.0 Å². The Morgan fingerprint density at radius 3 is 2.86 bits per heavy atom. The van der Waals surface area contributed by atoms with E-state index in [0.29, 0.717) is 48.1 Å². The van der Waals surface area contributed by atoms with E-state index in [2.05, 4.69) is 46.4 Å². The van der Waals surface area contributed by atoms with E-state index in [0.717, 1.165) is 12.7 Å². The Hall–Kier alpha value is -4.28. The van der Waals surface area contributed by atoms with Gasteiger partial charge in [-0.05, 0) is 12.5 Å². The van der Waals surface area contributed by atoms with Crippen molar-refractivity contribution in [3.05, 3.63) is 59.2 Å². The van der Waals surface area contributed by atoms with Crippen LogP contribution >= 0.6 is 0 Å². The lowest BCUT2D eigenvalue weighted by molar-refractivity contribution is 0.0372. The maximum absolute atomic E-state index is 14.1. The molecule has 35 heavy (non-hydrogen) atoms. The van der Waals surface area contributed by atoms with Gasteiger partial charge in [-0.1, -0.05) is 0 Å².